The Morgan fingerprint density at radius 1 is 1.27 bits per heavy atom. The predicted molar refractivity (Wildman–Crippen MR) is 76.8 cm³/mol. The molecular formula is C15H10N2O5. The second-order valence-corrected chi connectivity index (χ2v) is 4.56. The normalized spacial score (nSPS) is 10.6. The Labute approximate surface area is 124 Å². The third-order valence-corrected chi connectivity index (χ3v) is 2.97. The number of hydrogen-bond donors (Lipinski definition) is 0. The summed E-state index contributed by atoms with van der Waals surface area (Å²) >= 11 is 0. The molecule has 0 saturated heterocycles. The van der Waals surface area contributed by atoms with Gasteiger partial charge in [0.1, 0.15) is 11.3 Å². The van der Waals surface area contributed by atoms with Crippen LogP contribution in [0, 0.1) is 17.0 Å². The number of aromatic nitrogens is 1. The molecule has 0 atom stereocenters. The average molecular weight is 298 g/mol. The van der Waals surface area contributed by atoms with Gasteiger partial charge in [0, 0.05) is 25.1 Å². The molecule has 1 heterocycles. The maximum absolute atomic E-state index is 12.0. The van der Waals surface area contributed by atoms with Crippen molar-refractivity contribution in [3.63, 3.8) is 0 Å². The number of nitro benzene ring substituents is 1. The topological polar surface area (TPSA) is 95.5 Å². The van der Waals surface area contributed by atoms with Crippen molar-refractivity contribution >= 4 is 22.8 Å². The van der Waals surface area contributed by atoms with Gasteiger partial charge in [0.25, 0.3) is 5.69 Å². The van der Waals surface area contributed by atoms with Gasteiger partial charge in [-0.3, -0.25) is 10.1 Å². The van der Waals surface area contributed by atoms with E-state index in [1.54, 1.807) is 25.1 Å². The fourth-order valence-corrected chi connectivity index (χ4v) is 2.00. The van der Waals surface area contributed by atoms with Crippen molar-refractivity contribution in [1.29, 1.82) is 0 Å². The zero-order chi connectivity index (χ0) is 15.7. The molecule has 3 rings (SSSR count). The number of hydrogen-bond acceptors (Lipinski definition) is 6. The van der Waals surface area contributed by atoms with Gasteiger partial charge in [0.15, 0.2) is 11.5 Å². The first-order chi connectivity index (χ1) is 10.5. The summed E-state index contributed by atoms with van der Waals surface area (Å²) < 4.78 is 10.5. The van der Waals surface area contributed by atoms with E-state index in [9.17, 15) is 14.9 Å². The summed E-state index contributed by atoms with van der Waals surface area (Å²) in [5, 5.41) is 10.7. The second-order valence-electron chi connectivity index (χ2n) is 4.56. The van der Waals surface area contributed by atoms with Crippen LogP contribution in [0.4, 0.5) is 5.69 Å². The van der Waals surface area contributed by atoms with Gasteiger partial charge in [-0.05, 0) is 18.2 Å². The number of aryl methyl sites for hydroxylation is 1. The van der Waals surface area contributed by atoms with E-state index in [1.165, 1.54) is 24.3 Å². The molecule has 3 aromatic rings. The standard InChI is InChI=1S/C15H10N2O5/c1-9-16-13-8-12(5-6-14(13)21-9)22-15(18)10-3-2-4-11(7-10)17(19)20/h2-8H,1H3. The molecule has 7 nitrogen and oxygen atoms in total. The van der Waals surface area contributed by atoms with Crippen molar-refractivity contribution in [2.45, 2.75) is 6.92 Å². The summed E-state index contributed by atoms with van der Waals surface area (Å²) in [6, 6.07) is 10.1. The van der Waals surface area contributed by atoms with Gasteiger partial charge in [-0.25, -0.2) is 9.78 Å². The molecule has 0 fully saturated rings. The van der Waals surface area contributed by atoms with E-state index in [1.807, 2.05) is 0 Å². The molecule has 0 aliphatic rings. The number of nitro groups is 1. The number of rotatable bonds is 3. The Hall–Kier alpha value is -3.22. The van der Waals surface area contributed by atoms with E-state index in [2.05, 4.69) is 4.98 Å². The number of ether oxygens (including phenoxy) is 1. The molecule has 110 valence electrons. The maximum atomic E-state index is 12.0. The lowest BCUT2D eigenvalue weighted by Gasteiger charge is -2.03. The molecule has 22 heavy (non-hydrogen) atoms. The monoisotopic (exact) mass is 298 g/mol. The molecule has 0 saturated carbocycles. The van der Waals surface area contributed by atoms with Crippen LogP contribution in [0.2, 0.25) is 0 Å². The molecule has 0 aliphatic carbocycles. The van der Waals surface area contributed by atoms with Crippen molar-refractivity contribution in [2.24, 2.45) is 0 Å². The highest BCUT2D eigenvalue weighted by molar-refractivity contribution is 5.92. The fraction of sp³-hybridized carbons (Fsp3) is 0.0667. The average Bonchev–Trinajstić information content (AvgIpc) is 2.86. The minimum absolute atomic E-state index is 0.102. The predicted octanol–water partition coefficient (Wildman–Crippen LogP) is 3.26. The Morgan fingerprint density at radius 2 is 2.09 bits per heavy atom. The summed E-state index contributed by atoms with van der Waals surface area (Å²) in [7, 11) is 0. The minimum atomic E-state index is -0.678. The van der Waals surface area contributed by atoms with Crippen LogP contribution in [0.1, 0.15) is 16.2 Å². The number of nitrogens with zero attached hydrogens (tertiary/aromatic N) is 2. The molecule has 0 radical (unpaired) electrons. The highest BCUT2D eigenvalue weighted by Gasteiger charge is 2.14. The zero-order valence-corrected chi connectivity index (χ0v) is 11.5. The Bertz CT molecular complexity index is 885. The summed E-state index contributed by atoms with van der Waals surface area (Å²) in [5.74, 6) is 0.123. The lowest BCUT2D eigenvalue weighted by Crippen LogP contribution is -2.08. The van der Waals surface area contributed by atoms with Crippen molar-refractivity contribution < 1.29 is 18.9 Å². The third-order valence-electron chi connectivity index (χ3n) is 2.97. The Morgan fingerprint density at radius 3 is 2.86 bits per heavy atom. The number of esters is 1. The maximum Gasteiger partial charge on any atom is 0.343 e. The molecule has 1 aromatic heterocycles. The van der Waals surface area contributed by atoms with Gasteiger partial charge < -0.3 is 9.15 Å². The summed E-state index contributed by atoms with van der Waals surface area (Å²) in [6.07, 6.45) is 0. The van der Waals surface area contributed by atoms with Crippen LogP contribution >= 0.6 is 0 Å². The van der Waals surface area contributed by atoms with Gasteiger partial charge in [-0.1, -0.05) is 6.07 Å². The van der Waals surface area contributed by atoms with Crippen LogP contribution in [0.5, 0.6) is 5.75 Å². The first-order valence-corrected chi connectivity index (χ1v) is 6.37. The first kappa shape index (κ1) is 13.7. The Balaban J connectivity index is 1.86. The van der Waals surface area contributed by atoms with E-state index >= 15 is 0 Å². The van der Waals surface area contributed by atoms with Crippen molar-refractivity contribution in [3.05, 3.63) is 64.0 Å². The van der Waals surface area contributed by atoms with Crippen LogP contribution in [0.15, 0.2) is 46.9 Å². The highest BCUT2D eigenvalue weighted by Crippen LogP contribution is 2.22. The smallest absolute Gasteiger partial charge is 0.343 e. The van der Waals surface area contributed by atoms with Gasteiger partial charge >= 0.3 is 5.97 Å². The van der Waals surface area contributed by atoms with Gasteiger partial charge in [0.2, 0.25) is 0 Å². The van der Waals surface area contributed by atoms with Crippen molar-refractivity contribution in [1.82, 2.24) is 4.98 Å². The third kappa shape index (κ3) is 2.64. The number of non-ortho nitro benzene ring substituents is 1. The lowest BCUT2D eigenvalue weighted by molar-refractivity contribution is -0.384. The molecule has 0 spiro atoms. The summed E-state index contributed by atoms with van der Waals surface area (Å²) in [6.45, 7) is 1.72. The van der Waals surface area contributed by atoms with Crippen LogP contribution in [0.25, 0.3) is 11.1 Å². The van der Waals surface area contributed by atoms with E-state index in [-0.39, 0.29) is 17.0 Å². The minimum Gasteiger partial charge on any atom is -0.441 e. The van der Waals surface area contributed by atoms with Crippen LogP contribution in [0.3, 0.4) is 0 Å². The molecule has 0 unspecified atom stereocenters. The number of carbonyl (C=O) groups excluding carboxylic acids is 1. The van der Waals surface area contributed by atoms with E-state index in [0.29, 0.717) is 17.0 Å². The summed E-state index contributed by atoms with van der Waals surface area (Å²) in [5.41, 5.74) is 1.09. The first-order valence-electron chi connectivity index (χ1n) is 6.37. The second kappa shape index (κ2) is 5.28. The number of carbonyl (C=O) groups is 1. The SMILES string of the molecule is Cc1nc2cc(OC(=O)c3cccc([N+](=O)[O-])c3)ccc2o1. The molecular weight excluding hydrogens is 288 g/mol. The number of oxazole rings is 1. The van der Waals surface area contributed by atoms with Crippen LogP contribution in [-0.4, -0.2) is 15.9 Å². The quantitative estimate of drug-likeness (QED) is 0.319. The van der Waals surface area contributed by atoms with Crippen LogP contribution < -0.4 is 4.74 Å². The molecule has 0 aliphatic heterocycles. The van der Waals surface area contributed by atoms with Gasteiger partial charge in [-0.2, -0.15) is 0 Å². The van der Waals surface area contributed by atoms with E-state index < -0.39 is 10.9 Å². The molecule has 0 N–H and O–H groups in total. The molecule has 0 amide bonds. The fourth-order valence-electron chi connectivity index (χ4n) is 2.00. The number of fused-ring (bicyclic) bond motifs is 1. The Kier molecular flexibility index (Phi) is 3.30. The van der Waals surface area contributed by atoms with Crippen LogP contribution in [-0.2, 0) is 0 Å². The van der Waals surface area contributed by atoms with Crippen molar-refractivity contribution in [3.8, 4) is 5.75 Å². The van der Waals surface area contributed by atoms with Gasteiger partial charge in [-0.15, -0.1) is 0 Å². The largest absolute Gasteiger partial charge is 0.441 e. The highest BCUT2D eigenvalue weighted by atomic mass is 16.6. The lowest BCUT2D eigenvalue weighted by atomic mass is 10.2. The molecule has 0 bridgehead atoms. The number of benzene rings is 2. The molecule has 7 heteroatoms. The van der Waals surface area contributed by atoms with Crippen molar-refractivity contribution in [2.75, 3.05) is 0 Å². The van der Waals surface area contributed by atoms with E-state index in [4.69, 9.17) is 9.15 Å². The zero-order valence-electron chi connectivity index (χ0n) is 11.5. The molecule has 2 aromatic carbocycles. The van der Waals surface area contributed by atoms with Gasteiger partial charge in [0.05, 0.1) is 10.5 Å². The summed E-state index contributed by atoms with van der Waals surface area (Å²) in [4.78, 5) is 26.3. The van der Waals surface area contributed by atoms with E-state index in [0.717, 1.165) is 0 Å².